The van der Waals surface area contributed by atoms with E-state index in [2.05, 4.69) is 14.8 Å². The van der Waals surface area contributed by atoms with Gasteiger partial charge in [-0.15, -0.1) is 0 Å². The zero-order valence-electron chi connectivity index (χ0n) is 15.3. The summed E-state index contributed by atoms with van der Waals surface area (Å²) in [6.07, 6.45) is 3.54. The summed E-state index contributed by atoms with van der Waals surface area (Å²) in [7, 11) is 0. The van der Waals surface area contributed by atoms with Crippen molar-refractivity contribution in [3.05, 3.63) is 48.3 Å². The zero-order valence-corrected chi connectivity index (χ0v) is 15.3. The van der Waals surface area contributed by atoms with E-state index >= 15 is 0 Å². The summed E-state index contributed by atoms with van der Waals surface area (Å²) in [5.74, 6) is 0. The molecule has 144 valence electrons. The van der Waals surface area contributed by atoms with Crippen molar-refractivity contribution in [2.75, 3.05) is 31.1 Å². The summed E-state index contributed by atoms with van der Waals surface area (Å²) in [5, 5.41) is 0. The van der Waals surface area contributed by atoms with Crippen molar-refractivity contribution >= 4 is 5.69 Å². The standard InChI is InChI=1S/C21H24F3N3/c22-21(23,24)20-8-2-1-7-19(20)16-13-18(15-25-14-16)27-12-11-26-9-3-5-17(27)6-4-10-26/h1-2,7-8,13-15,17H,3-6,9-12H2. The van der Waals surface area contributed by atoms with Gasteiger partial charge in [-0.1, -0.05) is 18.2 Å². The summed E-state index contributed by atoms with van der Waals surface area (Å²) in [6.45, 7) is 4.21. The molecule has 3 fully saturated rings. The van der Waals surface area contributed by atoms with Crippen molar-refractivity contribution < 1.29 is 13.2 Å². The first kappa shape index (κ1) is 18.3. The van der Waals surface area contributed by atoms with Gasteiger partial charge in [0.1, 0.15) is 0 Å². The average molecular weight is 375 g/mol. The van der Waals surface area contributed by atoms with E-state index in [0.717, 1.165) is 50.8 Å². The second-order valence-corrected chi connectivity index (χ2v) is 7.45. The van der Waals surface area contributed by atoms with E-state index in [9.17, 15) is 13.2 Å². The number of rotatable bonds is 2. The molecule has 0 radical (unpaired) electrons. The topological polar surface area (TPSA) is 19.4 Å². The fraction of sp³-hybridized carbons (Fsp3) is 0.476. The van der Waals surface area contributed by atoms with Crippen LogP contribution in [0.4, 0.5) is 18.9 Å². The molecular formula is C21H24F3N3. The Bertz CT molecular complexity index is 780. The largest absolute Gasteiger partial charge is 0.417 e. The number of benzene rings is 1. The fourth-order valence-electron chi connectivity index (χ4n) is 4.38. The molecule has 5 rings (SSSR count). The van der Waals surface area contributed by atoms with Gasteiger partial charge in [-0.3, -0.25) is 4.98 Å². The van der Waals surface area contributed by atoms with Crippen LogP contribution in [-0.2, 0) is 6.18 Å². The Morgan fingerprint density at radius 3 is 2.41 bits per heavy atom. The molecule has 2 aromatic rings. The third-order valence-electron chi connectivity index (χ3n) is 5.72. The molecule has 0 saturated carbocycles. The van der Waals surface area contributed by atoms with Crippen LogP contribution in [0.25, 0.3) is 11.1 Å². The van der Waals surface area contributed by atoms with Crippen molar-refractivity contribution in [3.8, 4) is 11.1 Å². The number of nitrogens with zero attached hydrogens (tertiary/aromatic N) is 3. The molecule has 3 aliphatic heterocycles. The highest BCUT2D eigenvalue weighted by atomic mass is 19.4. The quantitative estimate of drug-likeness (QED) is 0.749. The fourth-order valence-corrected chi connectivity index (χ4v) is 4.38. The number of halogens is 3. The molecule has 6 heteroatoms. The lowest BCUT2D eigenvalue weighted by Crippen LogP contribution is -2.47. The number of anilines is 1. The SMILES string of the molecule is FC(F)(F)c1ccccc1-c1cncc(N2CCN3CCCC2CCC3)c1. The van der Waals surface area contributed by atoms with Gasteiger partial charge in [-0.2, -0.15) is 13.2 Å². The first-order chi connectivity index (χ1) is 13.0. The van der Waals surface area contributed by atoms with E-state index in [1.54, 1.807) is 12.3 Å². The van der Waals surface area contributed by atoms with Gasteiger partial charge in [0.05, 0.1) is 17.4 Å². The van der Waals surface area contributed by atoms with Crippen LogP contribution in [0.15, 0.2) is 42.7 Å². The summed E-state index contributed by atoms with van der Waals surface area (Å²) < 4.78 is 40.3. The molecule has 4 heterocycles. The first-order valence-corrected chi connectivity index (χ1v) is 9.63. The Kier molecular flexibility index (Phi) is 5.08. The lowest BCUT2D eigenvalue weighted by molar-refractivity contribution is -0.137. The molecule has 1 aromatic carbocycles. The normalized spacial score (nSPS) is 23.6. The molecule has 3 nitrogen and oxygen atoms in total. The Balaban J connectivity index is 1.69. The van der Waals surface area contributed by atoms with Crippen LogP contribution in [0.5, 0.6) is 0 Å². The van der Waals surface area contributed by atoms with E-state index in [1.807, 2.05) is 6.07 Å². The number of hydrogen-bond donors (Lipinski definition) is 0. The lowest BCUT2D eigenvalue weighted by Gasteiger charge is -2.41. The molecule has 0 aliphatic carbocycles. The minimum absolute atomic E-state index is 0.191. The highest BCUT2D eigenvalue weighted by Crippen LogP contribution is 2.38. The van der Waals surface area contributed by atoms with Gasteiger partial charge in [-0.25, -0.2) is 0 Å². The first-order valence-electron chi connectivity index (χ1n) is 9.63. The smallest absolute Gasteiger partial charge is 0.366 e. The predicted octanol–water partition coefficient (Wildman–Crippen LogP) is 4.83. The third-order valence-corrected chi connectivity index (χ3v) is 5.72. The molecule has 3 aliphatic rings. The van der Waals surface area contributed by atoms with Gasteiger partial charge in [0.2, 0.25) is 0 Å². The highest BCUT2D eigenvalue weighted by Gasteiger charge is 2.33. The summed E-state index contributed by atoms with van der Waals surface area (Å²) in [6, 6.07) is 8.06. The molecule has 0 spiro atoms. The van der Waals surface area contributed by atoms with E-state index in [0.29, 0.717) is 11.6 Å². The van der Waals surface area contributed by atoms with Crippen molar-refractivity contribution in [2.24, 2.45) is 0 Å². The number of fused-ring (bicyclic) bond motifs is 6. The van der Waals surface area contributed by atoms with Gasteiger partial charge >= 0.3 is 6.18 Å². The maximum absolute atomic E-state index is 13.4. The van der Waals surface area contributed by atoms with Gasteiger partial charge < -0.3 is 9.80 Å². The van der Waals surface area contributed by atoms with Gasteiger partial charge in [0.15, 0.2) is 0 Å². The van der Waals surface area contributed by atoms with Crippen LogP contribution >= 0.6 is 0 Å². The molecule has 1 aromatic heterocycles. The Labute approximate surface area is 157 Å². The third kappa shape index (κ3) is 3.95. The van der Waals surface area contributed by atoms with Gasteiger partial charge in [0, 0.05) is 30.9 Å². The molecule has 2 bridgehead atoms. The highest BCUT2D eigenvalue weighted by molar-refractivity contribution is 5.71. The Hall–Kier alpha value is -2.08. The minimum Gasteiger partial charge on any atom is -0.366 e. The maximum Gasteiger partial charge on any atom is 0.417 e. The molecular weight excluding hydrogens is 351 g/mol. The summed E-state index contributed by atoms with van der Waals surface area (Å²) in [4.78, 5) is 9.15. The Morgan fingerprint density at radius 2 is 1.67 bits per heavy atom. The lowest BCUT2D eigenvalue weighted by atomic mass is 9.97. The van der Waals surface area contributed by atoms with E-state index in [4.69, 9.17) is 0 Å². The monoisotopic (exact) mass is 375 g/mol. The van der Waals surface area contributed by atoms with Crippen LogP contribution in [0.3, 0.4) is 0 Å². The number of pyridine rings is 1. The molecule has 27 heavy (non-hydrogen) atoms. The zero-order chi connectivity index (χ0) is 18.9. The van der Waals surface area contributed by atoms with Crippen LogP contribution in [-0.4, -0.2) is 42.1 Å². The van der Waals surface area contributed by atoms with Crippen LogP contribution in [0.2, 0.25) is 0 Å². The average Bonchev–Trinajstić information content (AvgIpc) is 2.60. The Morgan fingerprint density at radius 1 is 0.926 bits per heavy atom. The van der Waals surface area contributed by atoms with Gasteiger partial charge in [0.25, 0.3) is 0 Å². The van der Waals surface area contributed by atoms with E-state index < -0.39 is 11.7 Å². The van der Waals surface area contributed by atoms with E-state index in [1.165, 1.54) is 31.2 Å². The van der Waals surface area contributed by atoms with Crippen molar-refractivity contribution in [2.45, 2.75) is 37.9 Å². The van der Waals surface area contributed by atoms with Crippen molar-refractivity contribution in [1.82, 2.24) is 9.88 Å². The predicted molar refractivity (Wildman–Crippen MR) is 101 cm³/mol. The van der Waals surface area contributed by atoms with Crippen LogP contribution in [0, 0.1) is 0 Å². The summed E-state index contributed by atoms with van der Waals surface area (Å²) in [5.41, 5.74) is 1.03. The molecule has 0 atom stereocenters. The second-order valence-electron chi connectivity index (χ2n) is 7.45. The van der Waals surface area contributed by atoms with Crippen LogP contribution in [0.1, 0.15) is 31.2 Å². The second kappa shape index (κ2) is 7.50. The van der Waals surface area contributed by atoms with Gasteiger partial charge in [-0.05, 0) is 56.5 Å². The minimum atomic E-state index is -4.38. The molecule has 3 saturated heterocycles. The van der Waals surface area contributed by atoms with Crippen LogP contribution < -0.4 is 4.90 Å². The van der Waals surface area contributed by atoms with Crippen molar-refractivity contribution in [3.63, 3.8) is 0 Å². The number of aromatic nitrogens is 1. The number of alkyl halides is 3. The molecule has 0 unspecified atom stereocenters. The maximum atomic E-state index is 13.4. The number of hydrogen-bond acceptors (Lipinski definition) is 3. The molecule has 0 amide bonds. The van der Waals surface area contributed by atoms with Crippen molar-refractivity contribution in [1.29, 1.82) is 0 Å². The summed E-state index contributed by atoms with van der Waals surface area (Å²) >= 11 is 0. The van der Waals surface area contributed by atoms with E-state index in [-0.39, 0.29) is 5.56 Å². The molecule has 0 N–H and O–H groups in total.